The van der Waals surface area contributed by atoms with Crippen LogP contribution in [0.15, 0.2) is 0 Å². The van der Waals surface area contributed by atoms with Crippen LogP contribution >= 0.6 is 0 Å². The Morgan fingerprint density at radius 2 is 2.17 bits per heavy atom. The van der Waals surface area contributed by atoms with E-state index in [0.29, 0.717) is 26.3 Å². The zero-order chi connectivity index (χ0) is 9.40. The summed E-state index contributed by atoms with van der Waals surface area (Å²) < 4.78 is 5.07. The smallest absolute Gasteiger partial charge is 0.222 e. The summed E-state index contributed by atoms with van der Waals surface area (Å²) in [5.41, 5.74) is 5.21. The summed E-state index contributed by atoms with van der Waals surface area (Å²) in [4.78, 5) is 11.0. The van der Waals surface area contributed by atoms with Gasteiger partial charge < -0.3 is 15.8 Å². The number of amides is 1. The fourth-order valence-corrected chi connectivity index (χ4v) is 0.636. The Balaban J connectivity index is 3.14. The maximum atomic E-state index is 11.0. The fraction of sp³-hybridized carbons (Fsp3) is 0.875. The van der Waals surface area contributed by atoms with Gasteiger partial charge in [-0.05, 0) is 0 Å². The van der Waals surface area contributed by atoms with Crippen LogP contribution in [0.4, 0.5) is 0 Å². The van der Waals surface area contributed by atoms with Crippen molar-refractivity contribution in [3.8, 4) is 0 Å². The Morgan fingerprint density at radius 1 is 1.50 bits per heavy atom. The van der Waals surface area contributed by atoms with Gasteiger partial charge in [0.15, 0.2) is 0 Å². The molecule has 0 rings (SSSR count). The van der Waals surface area contributed by atoms with E-state index in [1.807, 2.05) is 13.8 Å². The van der Waals surface area contributed by atoms with E-state index in [9.17, 15) is 4.79 Å². The Morgan fingerprint density at radius 3 is 2.67 bits per heavy atom. The summed E-state index contributed by atoms with van der Waals surface area (Å²) in [7, 11) is 0. The molecular weight excluding hydrogens is 156 g/mol. The van der Waals surface area contributed by atoms with Gasteiger partial charge in [0.05, 0.1) is 13.2 Å². The van der Waals surface area contributed by atoms with Gasteiger partial charge in [0.25, 0.3) is 0 Å². The van der Waals surface area contributed by atoms with Gasteiger partial charge in [0.1, 0.15) is 0 Å². The van der Waals surface area contributed by atoms with Crippen molar-refractivity contribution in [1.29, 1.82) is 0 Å². The molecule has 0 atom stereocenters. The van der Waals surface area contributed by atoms with Gasteiger partial charge in [0, 0.05) is 19.0 Å². The first-order valence-electron chi connectivity index (χ1n) is 4.24. The van der Waals surface area contributed by atoms with Crippen LogP contribution in [0.2, 0.25) is 0 Å². The molecule has 0 radical (unpaired) electrons. The third kappa shape index (κ3) is 6.12. The van der Waals surface area contributed by atoms with Crippen molar-refractivity contribution >= 4 is 5.91 Å². The number of rotatable bonds is 6. The van der Waals surface area contributed by atoms with Crippen molar-refractivity contribution in [2.45, 2.75) is 13.8 Å². The minimum atomic E-state index is 0.0412. The van der Waals surface area contributed by atoms with E-state index >= 15 is 0 Å². The van der Waals surface area contributed by atoms with Crippen molar-refractivity contribution in [3.63, 3.8) is 0 Å². The van der Waals surface area contributed by atoms with Gasteiger partial charge in [-0.1, -0.05) is 13.8 Å². The first-order valence-corrected chi connectivity index (χ1v) is 4.24. The van der Waals surface area contributed by atoms with Gasteiger partial charge in [-0.2, -0.15) is 0 Å². The molecule has 72 valence electrons. The minimum absolute atomic E-state index is 0.0412. The molecule has 4 heteroatoms. The van der Waals surface area contributed by atoms with E-state index in [0.717, 1.165) is 0 Å². The molecule has 0 saturated carbocycles. The van der Waals surface area contributed by atoms with Crippen LogP contribution in [0.5, 0.6) is 0 Å². The fourth-order valence-electron chi connectivity index (χ4n) is 0.636. The highest BCUT2D eigenvalue weighted by atomic mass is 16.5. The summed E-state index contributed by atoms with van der Waals surface area (Å²) in [5, 5.41) is 2.74. The van der Waals surface area contributed by atoms with Crippen molar-refractivity contribution in [3.05, 3.63) is 0 Å². The molecule has 0 bridgehead atoms. The van der Waals surface area contributed by atoms with Crippen molar-refractivity contribution in [2.24, 2.45) is 11.7 Å². The van der Waals surface area contributed by atoms with Crippen LogP contribution in [0.25, 0.3) is 0 Å². The maximum Gasteiger partial charge on any atom is 0.222 e. The predicted octanol–water partition coefficient (Wildman–Crippen LogP) is -0.266. The van der Waals surface area contributed by atoms with Gasteiger partial charge in [-0.15, -0.1) is 0 Å². The molecule has 0 unspecified atom stereocenters. The molecule has 0 saturated heterocycles. The minimum Gasteiger partial charge on any atom is -0.378 e. The first kappa shape index (κ1) is 11.4. The van der Waals surface area contributed by atoms with E-state index in [2.05, 4.69) is 5.32 Å². The average molecular weight is 174 g/mol. The number of carbonyl (C=O) groups excluding carboxylic acids is 1. The summed E-state index contributed by atoms with van der Waals surface area (Å²) in [5.74, 6) is 0.103. The third-order valence-electron chi connectivity index (χ3n) is 1.33. The second kappa shape index (κ2) is 7.06. The number of hydrogen-bond acceptors (Lipinski definition) is 3. The maximum absolute atomic E-state index is 11.0. The molecule has 0 aromatic carbocycles. The second-order valence-corrected chi connectivity index (χ2v) is 2.85. The zero-order valence-corrected chi connectivity index (χ0v) is 7.80. The molecule has 0 aliphatic rings. The molecule has 0 aromatic heterocycles. The summed E-state index contributed by atoms with van der Waals surface area (Å²) >= 11 is 0. The monoisotopic (exact) mass is 174 g/mol. The lowest BCUT2D eigenvalue weighted by Crippen LogP contribution is -2.31. The van der Waals surface area contributed by atoms with E-state index in [1.165, 1.54) is 0 Å². The molecule has 1 amide bonds. The molecule has 4 nitrogen and oxygen atoms in total. The van der Waals surface area contributed by atoms with Crippen LogP contribution in [0.3, 0.4) is 0 Å². The average Bonchev–Trinajstić information content (AvgIpc) is 2.03. The van der Waals surface area contributed by atoms with Crippen molar-refractivity contribution in [2.75, 3.05) is 26.3 Å². The van der Waals surface area contributed by atoms with Gasteiger partial charge >= 0.3 is 0 Å². The largest absolute Gasteiger partial charge is 0.378 e. The highest BCUT2D eigenvalue weighted by Gasteiger charge is 2.04. The standard InChI is InChI=1S/C8H18N2O2/c1-7(2)8(11)10-4-6-12-5-3-9/h7H,3-6,9H2,1-2H3,(H,10,11). The second-order valence-electron chi connectivity index (χ2n) is 2.85. The number of carbonyl (C=O) groups is 1. The molecule has 0 spiro atoms. The normalized spacial score (nSPS) is 10.3. The van der Waals surface area contributed by atoms with Crippen molar-refractivity contribution < 1.29 is 9.53 Å². The summed E-state index contributed by atoms with van der Waals surface area (Å²) in [6.07, 6.45) is 0. The highest BCUT2D eigenvalue weighted by molar-refractivity contribution is 5.77. The van der Waals surface area contributed by atoms with E-state index in [-0.39, 0.29) is 11.8 Å². The topological polar surface area (TPSA) is 64.3 Å². The lowest BCUT2D eigenvalue weighted by Gasteiger charge is -2.07. The van der Waals surface area contributed by atoms with E-state index < -0.39 is 0 Å². The number of ether oxygens (including phenoxy) is 1. The number of nitrogens with one attached hydrogen (secondary N) is 1. The predicted molar refractivity (Wildman–Crippen MR) is 47.7 cm³/mol. The Kier molecular flexibility index (Phi) is 6.70. The van der Waals surface area contributed by atoms with Crippen molar-refractivity contribution in [1.82, 2.24) is 5.32 Å². The van der Waals surface area contributed by atoms with Gasteiger partial charge in [-0.25, -0.2) is 0 Å². The summed E-state index contributed by atoms with van der Waals surface area (Å²) in [6, 6.07) is 0. The van der Waals surface area contributed by atoms with Crippen LogP contribution in [0.1, 0.15) is 13.8 Å². The molecule has 0 heterocycles. The lowest BCUT2D eigenvalue weighted by molar-refractivity contribution is -0.124. The molecule has 12 heavy (non-hydrogen) atoms. The Bertz CT molecular complexity index is 126. The van der Waals surface area contributed by atoms with Gasteiger partial charge in [-0.3, -0.25) is 4.79 Å². The number of nitrogens with two attached hydrogens (primary N) is 1. The van der Waals surface area contributed by atoms with E-state index in [4.69, 9.17) is 10.5 Å². The Labute approximate surface area is 73.5 Å². The van der Waals surface area contributed by atoms with Crippen LogP contribution in [0, 0.1) is 5.92 Å². The SMILES string of the molecule is CC(C)C(=O)NCCOCCN. The molecule has 0 aromatic rings. The van der Waals surface area contributed by atoms with Crippen LogP contribution < -0.4 is 11.1 Å². The van der Waals surface area contributed by atoms with E-state index in [1.54, 1.807) is 0 Å². The lowest BCUT2D eigenvalue weighted by atomic mass is 10.2. The molecule has 3 N–H and O–H groups in total. The quantitative estimate of drug-likeness (QED) is 0.545. The van der Waals surface area contributed by atoms with Crippen LogP contribution in [-0.2, 0) is 9.53 Å². The molecule has 0 fully saturated rings. The van der Waals surface area contributed by atoms with Crippen LogP contribution in [-0.4, -0.2) is 32.2 Å². The third-order valence-corrected chi connectivity index (χ3v) is 1.33. The molecule has 0 aliphatic heterocycles. The molecule has 0 aliphatic carbocycles. The summed E-state index contributed by atoms with van der Waals surface area (Å²) in [6.45, 7) is 5.90. The highest BCUT2D eigenvalue weighted by Crippen LogP contribution is 1.89. The Hall–Kier alpha value is -0.610. The first-order chi connectivity index (χ1) is 5.68. The molecular formula is C8H18N2O2. The zero-order valence-electron chi connectivity index (χ0n) is 7.80. The van der Waals surface area contributed by atoms with Gasteiger partial charge in [0.2, 0.25) is 5.91 Å². The number of hydrogen-bond donors (Lipinski definition) is 2.